The number of amides is 1. The molecule has 1 fully saturated rings. The van der Waals surface area contributed by atoms with Gasteiger partial charge in [0.05, 0.1) is 10.5 Å². The largest absolute Gasteiger partial charge is 0.387 e. The standard InChI is InChI=1S/C15H23NO2S2/c1-3-5-12-11(4-2)8-13(20-12)14(17)16-9-15(18)6-7-19-10-15/h8,18H,3-7,9-10H2,1-2H3,(H,16,17). The molecule has 0 aliphatic carbocycles. The topological polar surface area (TPSA) is 49.3 Å². The van der Waals surface area contributed by atoms with E-state index in [1.54, 1.807) is 23.1 Å². The smallest absolute Gasteiger partial charge is 0.261 e. The number of hydrogen-bond donors (Lipinski definition) is 2. The highest BCUT2D eigenvalue weighted by Gasteiger charge is 2.32. The molecule has 1 atom stereocenters. The fraction of sp³-hybridized carbons (Fsp3) is 0.667. The summed E-state index contributed by atoms with van der Waals surface area (Å²) in [5.74, 6) is 1.66. The number of nitrogens with one attached hydrogen (secondary N) is 1. The van der Waals surface area contributed by atoms with Crippen LogP contribution in [0.5, 0.6) is 0 Å². The zero-order valence-corrected chi connectivity index (χ0v) is 13.8. The molecule has 0 aromatic carbocycles. The third-order valence-corrected chi connectivity index (χ3v) is 6.11. The van der Waals surface area contributed by atoms with Gasteiger partial charge in [-0.3, -0.25) is 4.79 Å². The van der Waals surface area contributed by atoms with Crippen LogP contribution in [0.2, 0.25) is 0 Å². The number of aliphatic hydroxyl groups is 1. The Morgan fingerprint density at radius 2 is 2.30 bits per heavy atom. The number of thiophene rings is 1. The summed E-state index contributed by atoms with van der Waals surface area (Å²) in [5.41, 5.74) is 0.578. The van der Waals surface area contributed by atoms with Crippen LogP contribution in [-0.4, -0.2) is 34.7 Å². The molecule has 1 saturated heterocycles. The first kappa shape index (κ1) is 15.9. The molecule has 1 unspecified atom stereocenters. The number of hydrogen-bond acceptors (Lipinski definition) is 4. The SMILES string of the molecule is CCCc1sc(C(=O)NCC2(O)CCSC2)cc1CC. The minimum absolute atomic E-state index is 0.0441. The van der Waals surface area contributed by atoms with Crippen molar-refractivity contribution in [3.63, 3.8) is 0 Å². The molecule has 0 radical (unpaired) electrons. The minimum Gasteiger partial charge on any atom is -0.387 e. The Morgan fingerprint density at radius 3 is 2.90 bits per heavy atom. The molecule has 2 rings (SSSR count). The van der Waals surface area contributed by atoms with Gasteiger partial charge in [0.25, 0.3) is 5.91 Å². The zero-order valence-electron chi connectivity index (χ0n) is 12.2. The molecule has 20 heavy (non-hydrogen) atoms. The van der Waals surface area contributed by atoms with E-state index in [1.165, 1.54) is 10.4 Å². The van der Waals surface area contributed by atoms with Gasteiger partial charge in [-0.2, -0.15) is 11.8 Å². The first-order valence-electron chi connectivity index (χ1n) is 7.28. The summed E-state index contributed by atoms with van der Waals surface area (Å²) in [4.78, 5) is 14.3. The van der Waals surface area contributed by atoms with Gasteiger partial charge < -0.3 is 10.4 Å². The molecule has 0 saturated carbocycles. The van der Waals surface area contributed by atoms with Gasteiger partial charge in [-0.05, 0) is 36.6 Å². The van der Waals surface area contributed by atoms with Crippen LogP contribution in [0.25, 0.3) is 0 Å². The van der Waals surface area contributed by atoms with Gasteiger partial charge >= 0.3 is 0 Å². The maximum atomic E-state index is 12.2. The van der Waals surface area contributed by atoms with E-state index in [4.69, 9.17) is 0 Å². The van der Waals surface area contributed by atoms with Crippen molar-refractivity contribution in [2.24, 2.45) is 0 Å². The molecule has 3 nitrogen and oxygen atoms in total. The van der Waals surface area contributed by atoms with Crippen molar-refractivity contribution in [1.29, 1.82) is 0 Å². The zero-order chi connectivity index (χ0) is 14.6. The van der Waals surface area contributed by atoms with E-state index in [1.807, 2.05) is 6.07 Å². The molecular formula is C15H23NO2S2. The van der Waals surface area contributed by atoms with E-state index in [2.05, 4.69) is 19.2 Å². The van der Waals surface area contributed by atoms with E-state index >= 15 is 0 Å². The Labute approximate surface area is 129 Å². The van der Waals surface area contributed by atoms with Crippen LogP contribution in [0, 0.1) is 0 Å². The van der Waals surface area contributed by atoms with E-state index < -0.39 is 5.60 Å². The molecule has 5 heteroatoms. The summed E-state index contributed by atoms with van der Waals surface area (Å²) in [7, 11) is 0. The summed E-state index contributed by atoms with van der Waals surface area (Å²) in [5, 5.41) is 13.1. The van der Waals surface area contributed by atoms with Gasteiger partial charge in [-0.1, -0.05) is 20.3 Å². The fourth-order valence-electron chi connectivity index (χ4n) is 2.38. The first-order chi connectivity index (χ1) is 9.58. The molecule has 112 valence electrons. The lowest BCUT2D eigenvalue weighted by Crippen LogP contribution is -2.42. The summed E-state index contributed by atoms with van der Waals surface area (Å²) in [6.07, 6.45) is 3.89. The Hall–Kier alpha value is -0.520. The van der Waals surface area contributed by atoms with E-state index in [9.17, 15) is 9.90 Å². The Morgan fingerprint density at radius 1 is 1.50 bits per heavy atom. The van der Waals surface area contributed by atoms with Crippen LogP contribution in [0.4, 0.5) is 0 Å². The quantitative estimate of drug-likeness (QED) is 0.849. The van der Waals surface area contributed by atoms with Crippen molar-refractivity contribution in [1.82, 2.24) is 5.32 Å². The highest BCUT2D eigenvalue weighted by Crippen LogP contribution is 2.28. The third kappa shape index (κ3) is 3.77. The van der Waals surface area contributed by atoms with Crippen LogP contribution in [0.15, 0.2) is 6.07 Å². The summed E-state index contributed by atoms with van der Waals surface area (Å²) >= 11 is 3.35. The molecule has 1 aliphatic rings. The van der Waals surface area contributed by atoms with Crippen LogP contribution in [0.1, 0.15) is 46.8 Å². The highest BCUT2D eigenvalue weighted by molar-refractivity contribution is 7.99. The van der Waals surface area contributed by atoms with Gasteiger partial charge in [0.15, 0.2) is 0 Å². The van der Waals surface area contributed by atoms with Crippen LogP contribution in [-0.2, 0) is 12.8 Å². The van der Waals surface area contributed by atoms with E-state index in [-0.39, 0.29) is 5.91 Å². The first-order valence-corrected chi connectivity index (χ1v) is 9.25. The number of thioether (sulfide) groups is 1. The molecule has 1 aliphatic heterocycles. The second-order valence-corrected chi connectivity index (χ2v) is 7.61. The Kier molecular flexibility index (Phi) is 5.52. The molecule has 1 aromatic heterocycles. The number of carbonyl (C=O) groups is 1. The molecule has 0 spiro atoms. The van der Waals surface area contributed by atoms with Crippen LogP contribution >= 0.6 is 23.1 Å². The van der Waals surface area contributed by atoms with Crippen molar-refractivity contribution in [3.8, 4) is 0 Å². The minimum atomic E-state index is -0.711. The maximum Gasteiger partial charge on any atom is 0.261 e. The van der Waals surface area contributed by atoms with Gasteiger partial charge in [0.1, 0.15) is 0 Å². The van der Waals surface area contributed by atoms with Crippen molar-refractivity contribution in [2.75, 3.05) is 18.1 Å². The lowest BCUT2D eigenvalue weighted by Gasteiger charge is -2.21. The third-order valence-electron chi connectivity index (χ3n) is 3.64. The summed E-state index contributed by atoms with van der Waals surface area (Å²) in [6.45, 7) is 4.65. The van der Waals surface area contributed by atoms with Crippen molar-refractivity contribution in [3.05, 3.63) is 21.4 Å². The highest BCUT2D eigenvalue weighted by atomic mass is 32.2. The molecule has 2 heterocycles. The monoisotopic (exact) mass is 313 g/mol. The average Bonchev–Trinajstić information content (AvgIpc) is 3.04. The average molecular weight is 313 g/mol. The van der Waals surface area contributed by atoms with Crippen LogP contribution in [0.3, 0.4) is 0 Å². The van der Waals surface area contributed by atoms with Crippen molar-refractivity contribution >= 4 is 29.0 Å². The van der Waals surface area contributed by atoms with Crippen molar-refractivity contribution in [2.45, 2.75) is 45.1 Å². The normalized spacial score (nSPS) is 22.1. The Bertz CT molecular complexity index is 464. The molecule has 1 aromatic rings. The molecule has 0 bridgehead atoms. The lowest BCUT2D eigenvalue weighted by molar-refractivity contribution is 0.0614. The summed E-state index contributed by atoms with van der Waals surface area (Å²) < 4.78 is 0. The maximum absolute atomic E-state index is 12.2. The Balaban J connectivity index is 1.98. The summed E-state index contributed by atoms with van der Waals surface area (Å²) in [6, 6.07) is 2.01. The predicted octanol–water partition coefficient (Wildman–Crippen LogP) is 2.86. The van der Waals surface area contributed by atoms with Gasteiger partial charge in [-0.25, -0.2) is 0 Å². The number of aryl methyl sites for hydroxylation is 2. The number of rotatable bonds is 6. The van der Waals surface area contributed by atoms with Crippen molar-refractivity contribution < 1.29 is 9.90 Å². The molecule has 1 amide bonds. The van der Waals surface area contributed by atoms with E-state index in [0.717, 1.165) is 42.1 Å². The number of carbonyl (C=O) groups excluding carboxylic acids is 1. The van der Waals surface area contributed by atoms with Crippen LogP contribution < -0.4 is 5.32 Å². The predicted molar refractivity (Wildman–Crippen MR) is 86.9 cm³/mol. The lowest BCUT2D eigenvalue weighted by atomic mass is 10.0. The van der Waals surface area contributed by atoms with E-state index in [0.29, 0.717) is 6.54 Å². The molecule has 2 N–H and O–H groups in total. The fourth-order valence-corrected chi connectivity index (χ4v) is 4.95. The van der Waals surface area contributed by atoms with Gasteiger partial charge in [0, 0.05) is 17.2 Å². The second-order valence-electron chi connectivity index (χ2n) is 5.37. The van der Waals surface area contributed by atoms with Gasteiger partial charge in [0.2, 0.25) is 0 Å². The molecular weight excluding hydrogens is 290 g/mol. The second kappa shape index (κ2) is 6.96. The van der Waals surface area contributed by atoms with Gasteiger partial charge in [-0.15, -0.1) is 11.3 Å².